The van der Waals surface area contributed by atoms with E-state index in [1.807, 2.05) is 6.07 Å². The minimum absolute atomic E-state index is 0.0135. The Morgan fingerprint density at radius 2 is 1.81 bits per heavy atom. The fraction of sp³-hybridized carbons (Fsp3) is 0.0769. The van der Waals surface area contributed by atoms with Gasteiger partial charge in [0.1, 0.15) is 23.8 Å². The van der Waals surface area contributed by atoms with Crippen LogP contribution in [0, 0.1) is 5.82 Å². The number of nitrogens with zero attached hydrogens (tertiary/aromatic N) is 1. The molecule has 0 aliphatic carbocycles. The summed E-state index contributed by atoms with van der Waals surface area (Å²) in [7, 11) is 0. The number of hydrogen-bond donors (Lipinski definition) is 0. The Morgan fingerprint density at radius 3 is 2.59 bits per heavy atom. The molecule has 1 aromatic heterocycles. The molecule has 4 aromatic rings. The molecule has 0 saturated heterocycles. The Hall–Kier alpha value is -4.19. The van der Waals surface area contributed by atoms with E-state index in [1.165, 1.54) is 29.2 Å². The predicted octanol–water partition coefficient (Wildman–Crippen LogP) is 5.25. The van der Waals surface area contributed by atoms with Crippen molar-refractivity contribution in [2.45, 2.75) is 6.04 Å². The molecule has 0 radical (unpaired) electrons. The van der Waals surface area contributed by atoms with Gasteiger partial charge < -0.3 is 9.15 Å². The molecule has 2 heterocycles. The van der Waals surface area contributed by atoms with Gasteiger partial charge in [0.05, 0.1) is 17.0 Å². The van der Waals surface area contributed by atoms with Crippen molar-refractivity contribution in [3.63, 3.8) is 0 Å². The molecule has 0 saturated carbocycles. The van der Waals surface area contributed by atoms with Gasteiger partial charge in [-0.2, -0.15) is 0 Å². The van der Waals surface area contributed by atoms with E-state index in [0.29, 0.717) is 34.6 Å². The molecule has 0 N–H and O–H groups in total. The lowest BCUT2D eigenvalue weighted by atomic mass is 9.98. The molecule has 0 spiro atoms. The first-order valence-corrected chi connectivity index (χ1v) is 10.1. The highest BCUT2D eigenvalue weighted by atomic mass is 19.1. The number of amides is 1. The fourth-order valence-corrected chi connectivity index (χ4v) is 4.03. The molecule has 0 bridgehead atoms. The third-order valence-corrected chi connectivity index (χ3v) is 5.42. The van der Waals surface area contributed by atoms with Crippen LogP contribution >= 0.6 is 0 Å². The third kappa shape index (κ3) is 3.17. The third-order valence-electron chi connectivity index (χ3n) is 5.42. The van der Waals surface area contributed by atoms with Gasteiger partial charge in [-0.15, -0.1) is 0 Å². The monoisotopic (exact) mass is 427 g/mol. The molecule has 0 fully saturated rings. The van der Waals surface area contributed by atoms with Gasteiger partial charge in [-0.3, -0.25) is 14.5 Å². The van der Waals surface area contributed by atoms with Gasteiger partial charge in [-0.1, -0.05) is 36.9 Å². The average Bonchev–Trinajstić information content (AvgIpc) is 3.11. The second-order valence-electron chi connectivity index (χ2n) is 7.40. The molecule has 32 heavy (non-hydrogen) atoms. The lowest BCUT2D eigenvalue weighted by molar-refractivity contribution is 0.0971. The van der Waals surface area contributed by atoms with Crippen molar-refractivity contribution in [2.75, 3.05) is 11.5 Å². The summed E-state index contributed by atoms with van der Waals surface area (Å²) in [5.41, 5.74) is 1.44. The molecule has 1 aliphatic rings. The van der Waals surface area contributed by atoms with Gasteiger partial charge in [0.2, 0.25) is 5.76 Å². The summed E-state index contributed by atoms with van der Waals surface area (Å²) in [4.78, 5) is 28.4. The molecule has 1 atom stereocenters. The van der Waals surface area contributed by atoms with Gasteiger partial charge in [0.15, 0.2) is 5.43 Å². The van der Waals surface area contributed by atoms with Crippen molar-refractivity contribution in [3.8, 4) is 5.75 Å². The van der Waals surface area contributed by atoms with E-state index in [9.17, 15) is 14.0 Å². The lowest BCUT2D eigenvalue weighted by Gasteiger charge is -2.25. The van der Waals surface area contributed by atoms with Crippen molar-refractivity contribution in [2.24, 2.45) is 0 Å². The van der Waals surface area contributed by atoms with E-state index in [2.05, 4.69) is 6.58 Å². The van der Waals surface area contributed by atoms with Gasteiger partial charge in [0.25, 0.3) is 5.91 Å². The topological polar surface area (TPSA) is 59.8 Å². The quantitative estimate of drug-likeness (QED) is 0.409. The van der Waals surface area contributed by atoms with Crippen LogP contribution in [-0.4, -0.2) is 12.5 Å². The number of rotatable bonds is 5. The van der Waals surface area contributed by atoms with Crippen molar-refractivity contribution < 1.29 is 18.3 Å². The maximum atomic E-state index is 13.6. The maximum absolute atomic E-state index is 13.6. The standard InChI is InChI=1S/C26H18FNO4/c1-2-14-31-19-7-5-6-16(15-19)23-22-24(29)20-8-3-4-9-21(20)32-25(22)26(30)28(23)18-12-10-17(27)11-13-18/h2-13,15,23H,1,14H2. The number of para-hydroxylation sites is 1. The van der Waals surface area contributed by atoms with Crippen LogP contribution in [0.15, 0.2) is 94.7 Å². The van der Waals surface area contributed by atoms with Crippen LogP contribution in [0.25, 0.3) is 11.0 Å². The Labute approximate surface area is 183 Å². The summed E-state index contributed by atoms with van der Waals surface area (Å²) in [5, 5.41) is 0.393. The van der Waals surface area contributed by atoms with Crippen molar-refractivity contribution >= 4 is 22.6 Å². The van der Waals surface area contributed by atoms with Crippen LogP contribution < -0.4 is 15.1 Å². The zero-order chi connectivity index (χ0) is 22.2. The number of anilines is 1. The second-order valence-corrected chi connectivity index (χ2v) is 7.40. The molecule has 158 valence electrons. The first kappa shape index (κ1) is 19.8. The summed E-state index contributed by atoms with van der Waals surface area (Å²) in [6, 6.07) is 18.8. The van der Waals surface area contributed by atoms with Gasteiger partial charge in [0, 0.05) is 5.69 Å². The molecule has 1 aliphatic heterocycles. The summed E-state index contributed by atoms with van der Waals surface area (Å²) in [6.07, 6.45) is 1.63. The highest BCUT2D eigenvalue weighted by Gasteiger charge is 2.43. The Balaban J connectivity index is 1.75. The number of carbonyl (C=O) groups excluding carboxylic acids is 1. The SMILES string of the molecule is C=CCOc1cccc(C2c3c(oc4ccccc4c3=O)C(=O)N2c2ccc(F)cc2)c1. The first-order valence-electron chi connectivity index (χ1n) is 10.1. The van der Waals surface area contributed by atoms with Gasteiger partial charge >= 0.3 is 0 Å². The Morgan fingerprint density at radius 1 is 1.03 bits per heavy atom. The molecular weight excluding hydrogens is 409 g/mol. The number of benzene rings is 3. The van der Waals surface area contributed by atoms with E-state index in [1.54, 1.807) is 48.5 Å². The molecule has 5 rings (SSSR count). The van der Waals surface area contributed by atoms with Crippen LogP contribution in [0.1, 0.15) is 27.7 Å². The summed E-state index contributed by atoms with van der Waals surface area (Å²) in [5.74, 6) is -0.320. The molecule has 1 amide bonds. The largest absolute Gasteiger partial charge is 0.490 e. The van der Waals surface area contributed by atoms with Crippen molar-refractivity contribution in [3.05, 3.63) is 118 Å². The zero-order valence-corrected chi connectivity index (χ0v) is 17.0. The average molecular weight is 427 g/mol. The number of halogens is 1. The van der Waals surface area contributed by atoms with E-state index >= 15 is 0 Å². The van der Waals surface area contributed by atoms with Crippen molar-refractivity contribution in [1.82, 2.24) is 0 Å². The summed E-state index contributed by atoms with van der Waals surface area (Å²) >= 11 is 0. The molecular formula is C26H18FNO4. The smallest absolute Gasteiger partial charge is 0.295 e. The molecule has 5 nitrogen and oxygen atoms in total. The molecule has 3 aromatic carbocycles. The lowest BCUT2D eigenvalue weighted by Crippen LogP contribution is -2.29. The summed E-state index contributed by atoms with van der Waals surface area (Å²) in [6.45, 7) is 3.97. The summed E-state index contributed by atoms with van der Waals surface area (Å²) < 4.78 is 25.1. The van der Waals surface area contributed by atoms with E-state index in [4.69, 9.17) is 9.15 Å². The van der Waals surface area contributed by atoms with Gasteiger partial charge in [-0.25, -0.2) is 4.39 Å². The first-order chi connectivity index (χ1) is 15.6. The van der Waals surface area contributed by atoms with Crippen LogP contribution in [0.5, 0.6) is 5.75 Å². The van der Waals surface area contributed by atoms with Crippen LogP contribution in [0.4, 0.5) is 10.1 Å². The maximum Gasteiger partial charge on any atom is 0.295 e. The number of carbonyl (C=O) groups is 1. The normalized spacial score (nSPS) is 15.1. The van der Waals surface area contributed by atoms with Crippen LogP contribution in [0.2, 0.25) is 0 Å². The van der Waals surface area contributed by atoms with Crippen LogP contribution in [-0.2, 0) is 0 Å². The number of ether oxygens (including phenoxy) is 1. The minimum atomic E-state index is -0.754. The van der Waals surface area contributed by atoms with E-state index < -0.39 is 17.8 Å². The van der Waals surface area contributed by atoms with Crippen LogP contribution in [0.3, 0.4) is 0 Å². The zero-order valence-electron chi connectivity index (χ0n) is 17.0. The predicted molar refractivity (Wildman–Crippen MR) is 120 cm³/mol. The Bertz CT molecular complexity index is 1410. The number of hydrogen-bond acceptors (Lipinski definition) is 4. The highest BCUT2D eigenvalue weighted by Crippen LogP contribution is 2.41. The minimum Gasteiger partial charge on any atom is -0.490 e. The Kier molecular flexibility index (Phi) is 4.82. The van der Waals surface area contributed by atoms with E-state index in [-0.39, 0.29) is 16.8 Å². The van der Waals surface area contributed by atoms with Crippen molar-refractivity contribution in [1.29, 1.82) is 0 Å². The number of fused-ring (bicyclic) bond motifs is 2. The van der Waals surface area contributed by atoms with Gasteiger partial charge in [-0.05, 0) is 54.1 Å². The fourth-order valence-electron chi connectivity index (χ4n) is 4.03. The molecule has 1 unspecified atom stereocenters. The highest BCUT2D eigenvalue weighted by molar-refractivity contribution is 6.10. The van der Waals surface area contributed by atoms with E-state index in [0.717, 1.165) is 0 Å². The molecule has 6 heteroatoms. The second kappa shape index (κ2) is 7.81.